The Morgan fingerprint density at radius 2 is 2.12 bits per heavy atom. The fourth-order valence-corrected chi connectivity index (χ4v) is 1.62. The van der Waals surface area contributed by atoms with E-state index in [1.165, 1.54) is 0 Å². The maximum atomic E-state index is 13.4. The summed E-state index contributed by atoms with van der Waals surface area (Å²) < 4.78 is 13.4. The highest BCUT2D eigenvalue weighted by Crippen LogP contribution is 2.11. The quantitative estimate of drug-likeness (QED) is 0.802. The molecule has 2 nitrogen and oxygen atoms in total. The van der Waals surface area contributed by atoms with Gasteiger partial charge in [0.25, 0.3) is 0 Å². The lowest BCUT2D eigenvalue weighted by Crippen LogP contribution is -2.19. The summed E-state index contributed by atoms with van der Waals surface area (Å²) in [6.45, 7) is 4.51. The molecule has 1 aromatic carbocycles. The van der Waals surface area contributed by atoms with E-state index in [1.54, 1.807) is 12.1 Å². The van der Waals surface area contributed by atoms with Gasteiger partial charge in [-0.05, 0) is 44.6 Å². The summed E-state index contributed by atoms with van der Waals surface area (Å²) >= 11 is 0. The molecule has 0 aliphatic carbocycles. The minimum Gasteiger partial charge on any atom is -0.326 e. The highest BCUT2D eigenvalue weighted by atomic mass is 19.1. The zero-order valence-corrected chi connectivity index (χ0v) is 10.2. The van der Waals surface area contributed by atoms with Crippen LogP contribution in [0.25, 0.3) is 0 Å². The maximum absolute atomic E-state index is 13.4. The van der Waals surface area contributed by atoms with Gasteiger partial charge >= 0.3 is 0 Å². The molecule has 0 aliphatic heterocycles. The van der Waals surface area contributed by atoms with Gasteiger partial charge in [-0.25, -0.2) is 4.39 Å². The van der Waals surface area contributed by atoms with Crippen LogP contribution in [-0.4, -0.2) is 25.0 Å². The van der Waals surface area contributed by atoms with Gasteiger partial charge in [-0.3, -0.25) is 0 Å². The van der Waals surface area contributed by atoms with Crippen LogP contribution in [0.1, 0.15) is 24.5 Å². The van der Waals surface area contributed by atoms with Gasteiger partial charge in [0.1, 0.15) is 5.82 Å². The molecule has 0 unspecified atom stereocenters. The molecule has 1 rings (SSSR count). The first-order valence-corrected chi connectivity index (χ1v) is 5.83. The van der Waals surface area contributed by atoms with Crippen molar-refractivity contribution in [1.82, 2.24) is 4.90 Å². The van der Waals surface area contributed by atoms with E-state index < -0.39 is 0 Å². The molecule has 0 atom stereocenters. The van der Waals surface area contributed by atoms with Crippen LogP contribution in [0.2, 0.25) is 0 Å². The maximum Gasteiger partial charge on any atom is 0.127 e. The van der Waals surface area contributed by atoms with Gasteiger partial charge in [-0.1, -0.05) is 19.1 Å². The van der Waals surface area contributed by atoms with Crippen molar-refractivity contribution in [2.24, 2.45) is 5.73 Å². The molecule has 3 heteroatoms. The number of hydrogen-bond acceptors (Lipinski definition) is 2. The summed E-state index contributed by atoms with van der Waals surface area (Å²) in [6, 6.07) is 5.36. The van der Waals surface area contributed by atoms with E-state index in [9.17, 15) is 4.39 Å². The van der Waals surface area contributed by atoms with E-state index in [4.69, 9.17) is 5.73 Å². The molecular formula is C13H21FN2. The SMILES string of the molecule is CCN(C)CCCc1ccc(CN)c(F)c1. The summed E-state index contributed by atoms with van der Waals surface area (Å²) in [5.74, 6) is -0.177. The van der Waals surface area contributed by atoms with E-state index >= 15 is 0 Å². The van der Waals surface area contributed by atoms with Gasteiger partial charge in [0.2, 0.25) is 0 Å². The van der Waals surface area contributed by atoms with Crippen LogP contribution < -0.4 is 5.73 Å². The van der Waals surface area contributed by atoms with E-state index in [0.717, 1.165) is 31.5 Å². The minimum absolute atomic E-state index is 0.177. The lowest BCUT2D eigenvalue weighted by atomic mass is 10.1. The molecule has 0 saturated heterocycles. The molecule has 0 aliphatic rings. The van der Waals surface area contributed by atoms with E-state index in [-0.39, 0.29) is 12.4 Å². The Balaban J connectivity index is 2.46. The molecule has 0 radical (unpaired) electrons. The molecule has 1 aromatic rings. The van der Waals surface area contributed by atoms with Crippen LogP contribution in [0.15, 0.2) is 18.2 Å². The second-order valence-electron chi connectivity index (χ2n) is 4.13. The summed E-state index contributed by atoms with van der Waals surface area (Å²) in [4.78, 5) is 2.25. The van der Waals surface area contributed by atoms with Crippen molar-refractivity contribution in [2.75, 3.05) is 20.1 Å². The van der Waals surface area contributed by atoms with Crippen molar-refractivity contribution in [1.29, 1.82) is 0 Å². The zero-order valence-electron chi connectivity index (χ0n) is 10.2. The third-order valence-electron chi connectivity index (χ3n) is 2.88. The Kier molecular flexibility index (Phi) is 5.43. The number of nitrogens with two attached hydrogens (primary N) is 1. The smallest absolute Gasteiger partial charge is 0.127 e. The van der Waals surface area contributed by atoms with Crippen LogP contribution in [0, 0.1) is 5.82 Å². The molecule has 16 heavy (non-hydrogen) atoms. The van der Waals surface area contributed by atoms with Gasteiger partial charge in [0.05, 0.1) is 0 Å². The van der Waals surface area contributed by atoms with Gasteiger partial charge in [-0.15, -0.1) is 0 Å². The van der Waals surface area contributed by atoms with Crippen molar-refractivity contribution < 1.29 is 4.39 Å². The zero-order chi connectivity index (χ0) is 12.0. The third-order valence-corrected chi connectivity index (χ3v) is 2.88. The third kappa shape index (κ3) is 3.91. The molecule has 0 aromatic heterocycles. The predicted molar refractivity (Wildman–Crippen MR) is 65.8 cm³/mol. The normalized spacial score (nSPS) is 11.1. The molecule has 0 fully saturated rings. The van der Waals surface area contributed by atoms with Crippen molar-refractivity contribution in [2.45, 2.75) is 26.3 Å². The molecule has 0 spiro atoms. The summed E-state index contributed by atoms with van der Waals surface area (Å²) in [7, 11) is 2.10. The fourth-order valence-electron chi connectivity index (χ4n) is 1.62. The van der Waals surface area contributed by atoms with Crippen LogP contribution in [-0.2, 0) is 13.0 Å². The highest BCUT2D eigenvalue weighted by molar-refractivity contribution is 5.24. The second kappa shape index (κ2) is 6.61. The average molecular weight is 224 g/mol. The van der Waals surface area contributed by atoms with Gasteiger partial charge in [0, 0.05) is 12.1 Å². The van der Waals surface area contributed by atoms with Crippen molar-refractivity contribution in [3.05, 3.63) is 35.1 Å². The molecule has 0 saturated carbocycles. The van der Waals surface area contributed by atoms with E-state index in [1.807, 2.05) is 6.07 Å². The monoisotopic (exact) mass is 224 g/mol. The Morgan fingerprint density at radius 3 is 2.69 bits per heavy atom. The Morgan fingerprint density at radius 1 is 1.38 bits per heavy atom. The van der Waals surface area contributed by atoms with Crippen molar-refractivity contribution in [3.63, 3.8) is 0 Å². The van der Waals surface area contributed by atoms with E-state index in [2.05, 4.69) is 18.9 Å². The van der Waals surface area contributed by atoms with Crippen LogP contribution in [0.5, 0.6) is 0 Å². The summed E-state index contributed by atoms with van der Waals surface area (Å²) in [5, 5.41) is 0. The molecule has 0 heterocycles. The Bertz CT molecular complexity index is 326. The Hall–Kier alpha value is -0.930. The number of benzene rings is 1. The van der Waals surface area contributed by atoms with Crippen molar-refractivity contribution >= 4 is 0 Å². The van der Waals surface area contributed by atoms with Gasteiger partial charge < -0.3 is 10.6 Å². The lowest BCUT2D eigenvalue weighted by molar-refractivity contribution is 0.347. The first-order chi connectivity index (χ1) is 7.67. The first kappa shape index (κ1) is 13.1. The van der Waals surface area contributed by atoms with Crippen LogP contribution in [0.4, 0.5) is 4.39 Å². The second-order valence-corrected chi connectivity index (χ2v) is 4.13. The predicted octanol–water partition coefficient (Wildman–Crippen LogP) is 2.17. The highest BCUT2D eigenvalue weighted by Gasteiger charge is 2.02. The first-order valence-electron chi connectivity index (χ1n) is 5.83. The average Bonchev–Trinajstić information content (AvgIpc) is 2.29. The summed E-state index contributed by atoms with van der Waals surface area (Å²) in [6.07, 6.45) is 1.98. The van der Waals surface area contributed by atoms with Gasteiger partial charge in [0.15, 0.2) is 0 Å². The number of halogens is 1. The largest absolute Gasteiger partial charge is 0.326 e. The van der Waals surface area contributed by atoms with Crippen LogP contribution in [0.3, 0.4) is 0 Å². The number of aryl methyl sites for hydroxylation is 1. The standard InChI is InChI=1S/C13H21FN2/c1-3-16(2)8-4-5-11-6-7-12(10-15)13(14)9-11/h6-7,9H,3-5,8,10,15H2,1-2H3. The lowest BCUT2D eigenvalue weighted by Gasteiger charge is -2.13. The number of nitrogens with zero attached hydrogens (tertiary/aromatic N) is 1. The van der Waals surface area contributed by atoms with Crippen LogP contribution >= 0.6 is 0 Å². The Labute approximate surface area is 97.3 Å². The molecule has 0 bridgehead atoms. The topological polar surface area (TPSA) is 29.3 Å². The minimum atomic E-state index is -0.177. The fraction of sp³-hybridized carbons (Fsp3) is 0.538. The molecular weight excluding hydrogens is 203 g/mol. The van der Waals surface area contributed by atoms with Crippen molar-refractivity contribution in [3.8, 4) is 0 Å². The molecule has 0 amide bonds. The number of rotatable bonds is 6. The summed E-state index contributed by atoms with van der Waals surface area (Å²) in [5.41, 5.74) is 7.06. The number of hydrogen-bond donors (Lipinski definition) is 1. The van der Waals surface area contributed by atoms with E-state index in [0.29, 0.717) is 5.56 Å². The molecule has 90 valence electrons. The molecule has 2 N–H and O–H groups in total. The van der Waals surface area contributed by atoms with Gasteiger partial charge in [-0.2, -0.15) is 0 Å².